The van der Waals surface area contributed by atoms with Crippen molar-refractivity contribution in [3.63, 3.8) is 0 Å². The Labute approximate surface area is 206 Å². The van der Waals surface area contributed by atoms with E-state index < -0.39 is 16.3 Å². The summed E-state index contributed by atoms with van der Waals surface area (Å²) in [5, 5.41) is 0. The first-order valence-corrected chi connectivity index (χ1v) is 13.0. The zero-order valence-electron chi connectivity index (χ0n) is 20.1. The van der Waals surface area contributed by atoms with E-state index in [9.17, 15) is 8.42 Å². The van der Waals surface area contributed by atoms with E-state index in [1.54, 1.807) is 41.6 Å². The number of methoxy groups -OCH3 is 1. The summed E-state index contributed by atoms with van der Waals surface area (Å²) in [4.78, 5) is 11.0. The van der Waals surface area contributed by atoms with Crippen LogP contribution in [0.25, 0.3) is 0 Å². The minimum absolute atomic E-state index is 0.132. The Hall–Kier alpha value is -3.34. The number of ether oxygens (including phenoxy) is 1. The van der Waals surface area contributed by atoms with E-state index in [1.165, 1.54) is 22.8 Å². The molecule has 9 nitrogen and oxygen atoms in total. The van der Waals surface area contributed by atoms with E-state index >= 15 is 0 Å². The summed E-state index contributed by atoms with van der Waals surface area (Å²) in [5.74, 6) is 0.930. The number of likely N-dealkylation sites (N-methyl/N-ethyl adjacent to an activating group) is 1. The van der Waals surface area contributed by atoms with Gasteiger partial charge in [0, 0.05) is 61.6 Å². The van der Waals surface area contributed by atoms with Gasteiger partial charge in [0.15, 0.2) is 6.29 Å². The Kier molecular flexibility index (Phi) is 6.04. The molecule has 1 aromatic heterocycles. The molecular formula is C25H30N6O3S. The molecular weight excluding hydrogens is 464 g/mol. The number of aromatic nitrogens is 1. The lowest BCUT2D eigenvalue weighted by Crippen LogP contribution is -2.44. The second kappa shape index (κ2) is 9.03. The molecule has 0 amide bonds. The van der Waals surface area contributed by atoms with Gasteiger partial charge in [-0.1, -0.05) is 6.07 Å². The number of hydrogen-bond acceptors (Lipinski definition) is 8. The number of nitrogens with zero attached hydrogens (tertiary/aromatic N) is 5. The van der Waals surface area contributed by atoms with Crippen molar-refractivity contribution in [2.75, 3.05) is 50.1 Å². The molecule has 1 unspecified atom stereocenters. The molecule has 1 fully saturated rings. The minimum atomic E-state index is -3.91. The molecule has 1 saturated heterocycles. The fourth-order valence-corrected chi connectivity index (χ4v) is 6.04. The zero-order chi connectivity index (χ0) is 24.7. The maximum absolute atomic E-state index is 13.7. The van der Waals surface area contributed by atoms with Crippen molar-refractivity contribution < 1.29 is 13.2 Å². The van der Waals surface area contributed by atoms with Gasteiger partial charge in [-0.25, -0.2) is 12.4 Å². The summed E-state index contributed by atoms with van der Waals surface area (Å²) in [7, 11) is -0.265. The number of fused-ring (bicyclic) bond motifs is 1. The van der Waals surface area contributed by atoms with Crippen LogP contribution in [0.4, 0.5) is 17.2 Å². The largest absolute Gasteiger partial charge is 0.497 e. The van der Waals surface area contributed by atoms with Crippen LogP contribution >= 0.6 is 0 Å². The lowest BCUT2D eigenvalue weighted by atomic mass is 10.1. The standard InChI is InChI=1S/C25H30N6O3S/c1-18-15-20(7-8-23(18)29-13-11-28(2)12-14-29)31-24-19(17-27-25(31)26)9-10-30(24)35(32,33)22-6-4-5-21(16-22)34-3/h4-10,15-17,25H,11-14,26H2,1-3H3. The number of nitrogens with two attached hydrogens (primary N) is 1. The SMILES string of the molecule is COc1cccc(S(=O)(=O)n2ccc3c2N(c2ccc(N4CCN(C)CC4)c(C)c2)C(N)N=C3)c1. The fraction of sp³-hybridized carbons (Fsp3) is 0.320. The summed E-state index contributed by atoms with van der Waals surface area (Å²) >= 11 is 0. The second-order valence-electron chi connectivity index (χ2n) is 8.90. The molecule has 0 spiro atoms. The number of piperazine rings is 1. The van der Waals surface area contributed by atoms with Gasteiger partial charge in [-0.2, -0.15) is 0 Å². The van der Waals surface area contributed by atoms with Crippen molar-refractivity contribution in [2.24, 2.45) is 10.7 Å². The van der Waals surface area contributed by atoms with Gasteiger partial charge in [-0.05, 0) is 55.9 Å². The normalized spacial score (nSPS) is 18.6. The van der Waals surface area contributed by atoms with Crippen LogP contribution in [0.1, 0.15) is 11.1 Å². The highest BCUT2D eigenvalue weighted by molar-refractivity contribution is 7.90. The molecule has 35 heavy (non-hydrogen) atoms. The molecule has 3 heterocycles. The lowest BCUT2D eigenvalue weighted by Gasteiger charge is -2.36. The Balaban J connectivity index is 1.55. The van der Waals surface area contributed by atoms with Crippen molar-refractivity contribution in [2.45, 2.75) is 18.1 Å². The number of aryl methyl sites for hydroxylation is 1. The zero-order valence-corrected chi connectivity index (χ0v) is 20.9. The van der Waals surface area contributed by atoms with Crippen LogP contribution in [0.3, 0.4) is 0 Å². The summed E-state index contributed by atoms with van der Waals surface area (Å²) in [6.07, 6.45) is 2.41. The first-order valence-electron chi connectivity index (χ1n) is 11.5. The minimum Gasteiger partial charge on any atom is -0.497 e. The number of anilines is 3. The van der Waals surface area contributed by atoms with Gasteiger partial charge in [0.25, 0.3) is 10.0 Å². The molecule has 2 aromatic carbocycles. The molecule has 2 N–H and O–H groups in total. The summed E-state index contributed by atoms with van der Waals surface area (Å²) in [6.45, 7) is 6.05. The van der Waals surface area contributed by atoms with Crippen molar-refractivity contribution in [3.05, 3.63) is 65.9 Å². The van der Waals surface area contributed by atoms with Crippen LogP contribution in [-0.2, 0) is 10.0 Å². The maximum atomic E-state index is 13.7. The number of hydrogen-bond donors (Lipinski definition) is 1. The monoisotopic (exact) mass is 494 g/mol. The van der Waals surface area contributed by atoms with Crippen molar-refractivity contribution >= 4 is 33.4 Å². The molecule has 0 aliphatic carbocycles. The van der Waals surface area contributed by atoms with Crippen molar-refractivity contribution in [1.82, 2.24) is 8.87 Å². The Morgan fingerprint density at radius 3 is 2.54 bits per heavy atom. The highest BCUT2D eigenvalue weighted by atomic mass is 32.2. The molecule has 2 aliphatic heterocycles. The van der Waals surface area contributed by atoms with Gasteiger partial charge in [-0.15, -0.1) is 0 Å². The molecule has 1 atom stereocenters. The number of aliphatic imine (C=N–C) groups is 1. The first-order chi connectivity index (χ1) is 16.8. The Bertz CT molecular complexity index is 1380. The third-order valence-electron chi connectivity index (χ3n) is 6.62. The highest BCUT2D eigenvalue weighted by Crippen LogP contribution is 2.37. The maximum Gasteiger partial charge on any atom is 0.269 e. The third kappa shape index (κ3) is 4.18. The molecule has 0 bridgehead atoms. The van der Waals surface area contributed by atoms with Crippen LogP contribution in [0.5, 0.6) is 5.75 Å². The summed E-state index contributed by atoms with van der Waals surface area (Å²) in [6, 6.07) is 14.3. The fourth-order valence-electron chi connectivity index (χ4n) is 4.65. The van der Waals surface area contributed by atoms with Gasteiger partial charge < -0.3 is 14.5 Å². The summed E-state index contributed by atoms with van der Waals surface area (Å²) in [5.41, 5.74) is 10.2. The molecule has 5 rings (SSSR count). The van der Waals surface area contributed by atoms with Gasteiger partial charge in [0.05, 0.1) is 12.0 Å². The quantitative estimate of drug-likeness (QED) is 0.582. The summed E-state index contributed by atoms with van der Waals surface area (Å²) < 4.78 is 33.8. The van der Waals surface area contributed by atoms with Crippen LogP contribution in [0.15, 0.2) is 64.6 Å². The van der Waals surface area contributed by atoms with E-state index in [0.29, 0.717) is 17.1 Å². The van der Waals surface area contributed by atoms with Crippen molar-refractivity contribution in [3.8, 4) is 5.75 Å². The van der Waals surface area contributed by atoms with Gasteiger partial charge in [0.2, 0.25) is 0 Å². The predicted octanol–water partition coefficient (Wildman–Crippen LogP) is 2.61. The van der Waals surface area contributed by atoms with Gasteiger partial charge in [-0.3, -0.25) is 15.6 Å². The molecule has 10 heteroatoms. The van der Waals surface area contributed by atoms with E-state index in [2.05, 4.69) is 34.8 Å². The van der Waals surface area contributed by atoms with E-state index in [1.807, 2.05) is 12.1 Å². The molecule has 0 saturated carbocycles. The van der Waals surface area contributed by atoms with Crippen molar-refractivity contribution in [1.29, 1.82) is 0 Å². The lowest BCUT2D eigenvalue weighted by molar-refractivity contribution is 0.312. The van der Waals surface area contributed by atoms with Crippen LogP contribution in [0, 0.1) is 6.92 Å². The Morgan fingerprint density at radius 1 is 1.06 bits per heavy atom. The van der Waals surface area contributed by atoms with Crippen LogP contribution < -0.4 is 20.3 Å². The second-order valence-corrected chi connectivity index (χ2v) is 10.7. The molecule has 0 radical (unpaired) electrons. The highest BCUT2D eigenvalue weighted by Gasteiger charge is 2.31. The predicted molar refractivity (Wildman–Crippen MR) is 139 cm³/mol. The van der Waals surface area contributed by atoms with E-state index in [-0.39, 0.29) is 4.90 Å². The first kappa shape index (κ1) is 23.4. The van der Waals surface area contributed by atoms with Gasteiger partial charge in [0.1, 0.15) is 11.6 Å². The third-order valence-corrected chi connectivity index (χ3v) is 8.28. The van der Waals surface area contributed by atoms with Crippen LogP contribution in [-0.4, -0.2) is 70.1 Å². The number of benzene rings is 2. The smallest absolute Gasteiger partial charge is 0.269 e. The molecule has 3 aromatic rings. The Morgan fingerprint density at radius 2 is 1.83 bits per heavy atom. The van der Waals surface area contributed by atoms with E-state index in [4.69, 9.17) is 10.5 Å². The van der Waals surface area contributed by atoms with Gasteiger partial charge >= 0.3 is 0 Å². The average molecular weight is 495 g/mol. The van der Waals surface area contributed by atoms with Crippen LogP contribution in [0.2, 0.25) is 0 Å². The van der Waals surface area contributed by atoms with E-state index in [0.717, 1.165) is 37.4 Å². The molecule has 184 valence electrons. The average Bonchev–Trinajstić information content (AvgIpc) is 3.29. The number of rotatable bonds is 5. The molecule has 2 aliphatic rings. The topological polar surface area (TPSA) is 96.4 Å².